The summed E-state index contributed by atoms with van der Waals surface area (Å²) in [6.45, 7) is 8.05. The number of nitrogens with zero attached hydrogens (tertiary/aromatic N) is 3. The summed E-state index contributed by atoms with van der Waals surface area (Å²) >= 11 is 0. The zero-order valence-electron chi connectivity index (χ0n) is 16.4. The van der Waals surface area contributed by atoms with E-state index in [1.807, 2.05) is 18.7 Å². The van der Waals surface area contributed by atoms with Crippen molar-refractivity contribution in [2.24, 2.45) is 0 Å². The van der Waals surface area contributed by atoms with Crippen LogP contribution in [-0.2, 0) is 22.7 Å². The third-order valence-corrected chi connectivity index (χ3v) is 5.47. The topological polar surface area (TPSA) is 76.4 Å². The van der Waals surface area contributed by atoms with Crippen LogP contribution in [0.3, 0.4) is 0 Å². The molecule has 1 saturated heterocycles. The van der Waals surface area contributed by atoms with E-state index in [2.05, 4.69) is 36.5 Å². The smallest absolute Gasteiger partial charge is 0.237 e. The predicted octanol–water partition coefficient (Wildman–Crippen LogP) is 2.11. The van der Waals surface area contributed by atoms with Crippen molar-refractivity contribution in [1.82, 2.24) is 15.1 Å². The number of benzene rings is 1. The molecule has 1 fully saturated rings. The first kappa shape index (κ1) is 19.4. The lowest BCUT2D eigenvalue weighted by molar-refractivity contribution is -0.134. The standard InChI is InChI=1S/C21H28N4O2/c1-15-6-7-16-13-24(14-17(16)9-15)19(26)10-21(2,3)23-12-20(27)25-8-4-5-18(25)11-22/h6-7,9,18,23H,4-5,8,10,12-14H2,1-3H3/t18-/m0/s1. The fourth-order valence-electron chi connectivity index (χ4n) is 3.87. The van der Waals surface area contributed by atoms with Gasteiger partial charge in [0, 0.05) is 31.6 Å². The number of nitriles is 1. The predicted molar refractivity (Wildman–Crippen MR) is 102 cm³/mol. The third-order valence-electron chi connectivity index (χ3n) is 5.47. The second-order valence-electron chi connectivity index (χ2n) is 8.31. The summed E-state index contributed by atoms with van der Waals surface area (Å²) in [5.74, 6) is 0.0218. The molecule has 144 valence electrons. The molecular formula is C21H28N4O2. The van der Waals surface area contributed by atoms with E-state index in [1.165, 1.54) is 16.7 Å². The Morgan fingerprint density at radius 2 is 2.00 bits per heavy atom. The number of fused-ring (bicyclic) bond motifs is 1. The first-order valence-corrected chi connectivity index (χ1v) is 9.59. The van der Waals surface area contributed by atoms with Crippen LogP contribution >= 0.6 is 0 Å². The number of aryl methyl sites for hydroxylation is 1. The van der Waals surface area contributed by atoms with Crippen LogP contribution in [0.25, 0.3) is 0 Å². The Balaban J connectivity index is 1.51. The van der Waals surface area contributed by atoms with Crippen molar-refractivity contribution in [3.63, 3.8) is 0 Å². The van der Waals surface area contributed by atoms with Crippen LogP contribution in [0, 0.1) is 18.3 Å². The maximum Gasteiger partial charge on any atom is 0.237 e. The van der Waals surface area contributed by atoms with Gasteiger partial charge in [-0.1, -0.05) is 23.8 Å². The number of likely N-dealkylation sites (tertiary alicyclic amines) is 1. The average Bonchev–Trinajstić information content (AvgIpc) is 3.25. The molecule has 2 aliphatic heterocycles. The van der Waals surface area contributed by atoms with Gasteiger partial charge >= 0.3 is 0 Å². The maximum atomic E-state index is 12.8. The van der Waals surface area contributed by atoms with Gasteiger partial charge in [0.25, 0.3) is 0 Å². The highest BCUT2D eigenvalue weighted by Crippen LogP contribution is 2.25. The van der Waals surface area contributed by atoms with Gasteiger partial charge in [0.15, 0.2) is 0 Å². The van der Waals surface area contributed by atoms with Crippen LogP contribution in [0.1, 0.15) is 49.8 Å². The Bertz CT molecular complexity index is 781. The monoisotopic (exact) mass is 368 g/mol. The summed E-state index contributed by atoms with van der Waals surface area (Å²) in [5.41, 5.74) is 3.16. The van der Waals surface area contributed by atoms with Crippen molar-refractivity contribution in [2.45, 2.75) is 64.7 Å². The lowest BCUT2D eigenvalue weighted by Crippen LogP contribution is -2.49. The van der Waals surface area contributed by atoms with E-state index in [1.54, 1.807) is 4.90 Å². The molecule has 1 atom stereocenters. The zero-order valence-corrected chi connectivity index (χ0v) is 16.4. The first-order valence-electron chi connectivity index (χ1n) is 9.59. The van der Waals surface area contributed by atoms with E-state index in [4.69, 9.17) is 5.26 Å². The van der Waals surface area contributed by atoms with Gasteiger partial charge < -0.3 is 15.1 Å². The molecule has 0 saturated carbocycles. The number of carbonyl (C=O) groups excluding carboxylic acids is 2. The zero-order chi connectivity index (χ0) is 19.6. The van der Waals surface area contributed by atoms with Crippen LogP contribution in [0.15, 0.2) is 18.2 Å². The average molecular weight is 368 g/mol. The Hall–Kier alpha value is -2.39. The van der Waals surface area contributed by atoms with Crippen LogP contribution < -0.4 is 5.32 Å². The van der Waals surface area contributed by atoms with Crippen molar-refractivity contribution in [2.75, 3.05) is 13.1 Å². The number of amides is 2. The molecule has 0 bridgehead atoms. The Labute approximate surface area is 161 Å². The summed E-state index contributed by atoms with van der Waals surface area (Å²) in [4.78, 5) is 28.7. The van der Waals surface area contributed by atoms with E-state index < -0.39 is 5.54 Å². The highest BCUT2D eigenvalue weighted by molar-refractivity contribution is 5.80. The SMILES string of the molecule is Cc1ccc2c(c1)CN(C(=O)CC(C)(C)NCC(=O)N1CCC[C@H]1C#N)C2. The van der Waals surface area contributed by atoms with Gasteiger partial charge in [0.1, 0.15) is 6.04 Å². The highest BCUT2D eigenvalue weighted by Gasteiger charge is 2.32. The van der Waals surface area contributed by atoms with Gasteiger partial charge in [0.2, 0.25) is 11.8 Å². The minimum absolute atomic E-state index is 0.0661. The molecule has 27 heavy (non-hydrogen) atoms. The Kier molecular flexibility index (Phi) is 5.52. The molecule has 2 aliphatic rings. The summed E-state index contributed by atoms with van der Waals surface area (Å²) in [6.07, 6.45) is 1.95. The van der Waals surface area contributed by atoms with Crippen molar-refractivity contribution in [3.05, 3.63) is 34.9 Å². The number of nitrogens with one attached hydrogen (secondary N) is 1. The third kappa shape index (κ3) is 4.48. The molecule has 0 radical (unpaired) electrons. The molecule has 1 aromatic rings. The number of carbonyl (C=O) groups is 2. The Morgan fingerprint density at radius 1 is 1.26 bits per heavy atom. The molecule has 0 spiro atoms. The lowest BCUT2D eigenvalue weighted by Gasteiger charge is -2.29. The normalized spacial score (nSPS) is 19.1. The minimum atomic E-state index is -0.487. The van der Waals surface area contributed by atoms with E-state index in [-0.39, 0.29) is 24.4 Å². The quantitative estimate of drug-likeness (QED) is 0.864. The van der Waals surface area contributed by atoms with Crippen molar-refractivity contribution >= 4 is 11.8 Å². The number of rotatable bonds is 5. The molecule has 0 unspecified atom stereocenters. The largest absolute Gasteiger partial charge is 0.334 e. The van der Waals surface area contributed by atoms with E-state index in [0.29, 0.717) is 26.1 Å². The Morgan fingerprint density at radius 3 is 2.74 bits per heavy atom. The van der Waals surface area contributed by atoms with Gasteiger partial charge in [0.05, 0.1) is 12.6 Å². The molecular weight excluding hydrogens is 340 g/mol. The van der Waals surface area contributed by atoms with Crippen LogP contribution in [0.5, 0.6) is 0 Å². The summed E-state index contributed by atoms with van der Waals surface area (Å²) in [6, 6.07) is 8.21. The molecule has 1 aromatic carbocycles. The van der Waals surface area contributed by atoms with E-state index in [9.17, 15) is 9.59 Å². The lowest BCUT2D eigenvalue weighted by atomic mass is 9.99. The fourth-order valence-corrected chi connectivity index (χ4v) is 3.87. The van der Waals surface area contributed by atoms with Gasteiger partial charge in [-0.25, -0.2) is 0 Å². The van der Waals surface area contributed by atoms with Crippen molar-refractivity contribution < 1.29 is 9.59 Å². The van der Waals surface area contributed by atoms with Crippen molar-refractivity contribution in [1.29, 1.82) is 5.26 Å². The minimum Gasteiger partial charge on any atom is -0.334 e. The summed E-state index contributed by atoms with van der Waals surface area (Å²) in [5, 5.41) is 12.3. The van der Waals surface area contributed by atoms with Crippen LogP contribution in [0.2, 0.25) is 0 Å². The van der Waals surface area contributed by atoms with E-state index >= 15 is 0 Å². The van der Waals surface area contributed by atoms with Crippen molar-refractivity contribution in [3.8, 4) is 6.07 Å². The molecule has 2 heterocycles. The highest BCUT2D eigenvalue weighted by atomic mass is 16.2. The van der Waals surface area contributed by atoms with E-state index in [0.717, 1.165) is 12.8 Å². The molecule has 1 N–H and O–H groups in total. The molecule has 6 heteroatoms. The van der Waals surface area contributed by atoms with Gasteiger partial charge in [-0.2, -0.15) is 5.26 Å². The first-order chi connectivity index (χ1) is 12.8. The van der Waals surface area contributed by atoms with Gasteiger partial charge in [-0.15, -0.1) is 0 Å². The molecule has 6 nitrogen and oxygen atoms in total. The van der Waals surface area contributed by atoms with Crippen LogP contribution in [0.4, 0.5) is 0 Å². The second-order valence-corrected chi connectivity index (χ2v) is 8.31. The summed E-state index contributed by atoms with van der Waals surface area (Å²) in [7, 11) is 0. The molecule has 0 aromatic heterocycles. The molecule has 0 aliphatic carbocycles. The second kappa shape index (κ2) is 7.69. The van der Waals surface area contributed by atoms with Gasteiger partial charge in [-0.3, -0.25) is 9.59 Å². The molecule has 3 rings (SSSR count). The summed E-state index contributed by atoms with van der Waals surface area (Å²) < 4.78 is 0. The number of hydrogen-bond donors (Lipinski definition) is 1. The number of hydrogen-bond acceptors (Lipinski definition) is 4. The van der Waals surface area contributed by atoms with Crippen LogP contribution in [-0.4, -0.2) is 46.3 Å². The maximum absolute atomic E-state index is 12.8. The fraction of sp³-hybridized carbons (Fsp3) is 0.571. The molecule has 2 amide bonds. The van der Waals surface area contributed by atoms with Gasteiger partial charge in [-0.05, 0) is 44.7 Å².